The fraction of sp³-hybridized carbons (Fsp3) is 1.00. The van der Waals surface area contributed by atoms with E-state index in [1.54, 1.807) is 0 Å². The Labute approximate surface area is 60.2 Å². The zero-order valence-corrected chi connectivity index (χ0v) is 7.48. The van der Waals surface area contributed by atoms with Gasteiger partial charge in [0.1, 0.15) is 0 Å². The summed E-state index contributed by atoms with van der Waals surface area (Å²) in [6.45, 7) is 4.66. The van der Waals surface area contributed by atoms with Crippen LogP contribution in [0.1, 0.15) is 39.5 Å². The summed E-state index contributed by atoms with van der Waals surface area (Å²) < 4.78 is 0. The maximum atomic E-state index is 2.33. The lowest BCUT2D eigenvalue weighted by Gasteiger charge is -2.05. The van der Waals surface area contributed by atoms with Crippen LogP contribution in [0.15, 0.2) is 0 Å². The van der Waals surface area contributed by atoms with E-state index < -0.39 is 0 Å². The van der Waals surface area contributed by atoms with Crippen LogP contribution >= 0.6 is 8.58 Å². The van der Waals surface area contributed by atoms with Crippen molar-refractivity contribution in [2.45, 2.75) is 50.8 Å². The quantitative estimate of drug-likeness (QED) is 0.522. The second-order valence-electron chi connectivity index (χ2n) is 2.95. The van der Waals surface area contributed by atoms with Crippen LogP contribution < -0.4 is 0 Å². The summed E-state index contributed by atoms with van der Waals surface area (Å²) in [4.78, 5) is 0. The molecule has 0 aliphatic carbocycles. The van der Waals surface area contributed by atoms with Gasteiger partial charge in [0, 0.05) is 0 Å². The smallest absolute Gasteiger partial charge is 0.0237 e. The van der Waals surface area contributed by atoms with E-state index in [9.17, 15) is 0 Å². The Morgan fingerprint density at radius 1 is 1.11 bits per heavy atom. The largest absolute Gasteiger partial charge is 0.116 e. The Bertz CT molecular complexity index is 70.6. The van der Waals surface area contributed by atoms with Crippen molar-refractivity contribution in [2.75, 3.05) is 0 Å². The first kappa shape index (κ1) is 7.54. The lowest BCUT2D eigenvalue weighted by molar-refractivity contribution is 0.696. The normalized spacial score (nSPS) is 38.0. The molecule has 2 unspecified atom stereocenters. The Morgan fingerprint density at radius 2 is 1.56 bits per heavy atom. The second kappa shape index (κ2) is 3.56. The molecule has 9 heavy (non-hydrogen) atoms. The Balaban J connectivity index is 2.20. The van der Waals surface area contributed by atoms with E-state index in [2.05, 4.69) is 13.8 Å². The zero-order chi connectivity index (χ0) is 6.69. The van der Waals surface area contributed by atoms with Crippen LogP contribution in [0.4, 0.5) is 0 Å². The average molecular weight is 144 g/mol. The summed E-state index contributed by atoms with van der Waals surface area (Å²) in [5.41, 5.74) is 2.21. The lowest BCUT2D eigenvalue weighted by atomic mass is 10.1. The van der Waals surface area contributed by atoms with Gasteiger partial charge in [-0.15, -0.1) is 8.58 Å². The maximum Gasteiger partial charge on any atom is -0.0237 e. The SMILES string of the molecule is CCC1CC[C@@H](CC)P1. The third-order valence-electron chi connectivity index (χ3n) is 2.32. The van der Waals surface area contributed by atoms with Crippen LogP contribution in [0.5, 0.6) is 0 Å². The van der Waals surface area contributed by atoms with Crippen LogP contribution in [0.2, 0.25) is 0 Å². The van der Waals surface area contributed by atoms with Crippen LogP contribution in [-0.4, -0.2) is 11.3 Å². The molecule has 3 atom stereocenters. The first-order valence-corrected chi connectivity index (χ1v) is 5.28. The highest BCUT2D eigenvalue weighted by Gasteiger charge is 2.20. The van der Waals surface area contributed by atoms with Crippen LogP contribution in [-0.2, 0) is 0 Å². The van der Waals surface area contributed by atoms with Crippen LogP contribution in [0.25, 0.3) is 0 Å². The molecule has 0 amide bonds. The van der Waals surface area contributed by atoms with Crippen molar-refractivity contribution in [1.29, 1.82) is 0 Å². The maximum absolute atomic E-state index is 2.33. The van der Waals surface area contributed by atoms with Gasteiger partial charge in [0.15, 0.2) is 0 Å². The minimum Gasteiger partial charge on any atom is -0.116 e. The predicted octanol–water partition coefficient (Wildman–Crippen LogP) is 3.02. The highest BCUT2D eigenvalue weighted by Crippen LogP contribution is 2.42. The molecule has 0 radical (unpaired) electrons. The second-order valence-corrected chi connectivity index (χ2v) is 4.92. The van der Waals surface area contributed by atoms with E-state index in [1.807, 2.05) is 0 Å². The summed E-state index contributed by atoms with van der Waals surface area (Å²) in [7, 11) is 1.29. The van der Waals surface area contributed by atoms with Crippen LogP contribution in [0.3, 0.4) is 0 Å². The molecule has 1 aliphatic heterocycles. The summed E-state index contributed by atoms with van der Waals surface area (Å²) in [6, 6.07) is 0. The molecule has 0 aromatic carbocycles. The molecule has 1 aliphatic rings. The van der Waals surface area contributed by atoms with Crippen molar-refractivity contribution in [3.8, 4) is 0 Å². The van der Waals surface area contributed by atoms with Crippen molar-refractivity contribution >= 4 is 8.58 Å². The first-order chi connectivity index (χ1) is 4.36. The van der Waals surface area contributed by atoms with Gasteiger partial charge in [0.25, 0.3) is 0 Å². The van der Waals surface area contributed by atoms with E-state index in [0.29, 0.717) is 0 Å². The van der Waals surface area contributed by atoms with Crippen molar-refractivity contribution in [1.82, 2.24) is 0 Å². The molecule has 0 bridgehead atoms. The molecule has 1 fully saturated rings. The van der Waals surface area contributed by atoms with E-state index in [-0.39, 0.29) is 0 Å². The van der Waals surface area contributed by atoms with Gasteiger partial charge >= 0.3 is 0 Å². The Kier molecular flexibility index (Phi) is 2.98. The summed E-state index contributed by atoms with van der Waals surface area (Å²) in [5.74, 6) is 0. The monoisotopic (exact) mass is 144 g/mol. The van der Waals surface area contributed by atoms with E-state index in [0.717, 1.165) is 11.3 Å². The third-order valence-corrected chi connectivity index (χ3v) is 4.66. The van der Waals surface area contributed by atoms with E-state index in [1.165, 1.54) is 34.3 Å². The standard InChI is InChI=1S/C8H17P/c1-3-7-5-6-8(4-2)9-7/h7-9H,3-6H2,1-2H3/t7-,8?/m1/s1. The van der Waals surface area contributed by atoms with Crippen molar-refractivity contribution in [3.05, 3.63) is 0 Å². The van der Waals surface area contributed by atoms with Gasteiger partial charge in [-0.25, -0.2) is 0 Å². The first-order valence-electron chi connectivity index (χ1n) is 4.12. The van der Waals surface area contributed by atoms with Gasteiger partial charge in [0.05, 0.1) is 0 Å². The Hall–Kier alpha value is 0.430. The minimum absolute atomic E-state index is 1.11. The summed E-state index contributed by atoms with van der Waals surface area (Å²) in [5, 5.41) is 0. The van der Waals surface area contributed by atoms with Crippen molar-refractivity contribution < 1.29 is 0 Å². The molecular formula is C8H17P. The number of hydrogen-bond acceptors (Lipinski definition) is 0. The summed E-state index contributed by atoms with van der Waals surface area (Å²) in [6.07, 6.45) is 5.89. The van der Waals surface area contributed by atoms with Gasteiger partial charge < -0.3 is 0 Å². The molecule has 0 spiro atoms. The van der Waals surface area contributed by atoms with Crippen molar-refractivity contribution in [2.24, 2.45) is 0 Å². The van der Waals surface area contributed by atoms with Gasteiger partial charge in [-0.05, 0) is 37.0 Å². The lowest BCUT2D eigenvalue weighted by Crippen LogP contribution is -1.90. The topological polar surface area (TPSA) is 0 Å². The molecule has 0 saturated carbocycles. The zero-order valence-electron chi connectivity index (χ0n) is 6.48. The third kappa shape index (κ3) is 1.93. The molecule has 0 nitrogen and oxygen atoms in total. The predicted molar refractivity (Wildman–Crippen MR) is 45.7 cm³/mol. The van der Waals surface area contributed by atoms with Gasteiger partial charge in [-0.2, -0.15) is 0 Å². The minimum atomic E-state index is 1.11. The van der Waals surface area contributed by atoms with Gasteiger partial charge in [0.2, 0.25) is 0 Å². The molecular weight excluding hydrogens is 127 g/mol. The van der Waals surface area contributed by atoms with E-state index >= 15 is 0 Å². The van der Waals surface area contributed by atoms with Gasteiger partial charge in [-0.3, -0.25) is 0 Å². The number of rotatable bonds is 2. The molecule has 1 heterocycles. The molecule has 0 N–H and O–H groups in total. The highest BCUT2D eigenvalue weighted by molar-refractivity contribution is 7.40. The Morgan fingerprint density at radius 3 is 1.78 bits per heavy atom. The van der Waals surface area contributed by atoms with Crippen molar-refractivity contribution in [3.63, 3.8) is 0 Å². The fourth-order valence-electron chi connectivity index (χ4n) is 1.55. The molecule has 0 aromatic heterocycles. The summed E-state index contributed by atoms with van der Waals surface area (Å²) >= 11 is 0. The van der Waals surface area contributed by atoms with Crippen LogP contribution in [0, 0.1) is 0 Å². The highest BCUT2D eigenvalue weighted by atomic mass is 31.1. The molecule has 0 aromatic rings. The average Bonchev–Trinajstić information content (AvgIpc) is 2.34. The fourth-order valence-corrected chi connectivity index (χ4v) is 3.35. The van der Waals surface area contributed by atoms with Gasteiger partial charge in [-0.1, -0.05) is 13.8 Å². The molecule has 54 valence electrons. The molecule has 1 heteroatoms. The van der Waals surface area contributed by atoms with E-state index in [4.69, 9.17) is 0 Å². The molecule has 1 rings (SSSR count). The molecule has 1 saturated heterocycles. The number of hydrogen-bond donors (Lipinski definition) is 0.